The first-order chi connectivity index (χ1) is 21.5. The molecule has 3 aliphatic rings. The van der Waals surface area contributed by atoms with Gasteiger partial charge in [-0.2, -0.15) is 0 Å². The first-order valence-electron chi connectivity index (χ1n) is 14.9. The van der Waals surface area contributed by atoms with E-state index in [4.69, 9.17) is 4.74 Å². The number of carbonyl (C=O) groups is 1. The van der Waals surface area contributed by atoms with Crippen molar-refractivity contribution in [2.75, 3.05) is 0 Å². The number of hydrogen-bond acceptors (Lipinski definition) is 3. The normalized spacial score (nSPS) is 15.0. The second-order valence-corrected chi connectivity index (χ2v) is 11.9. The van der Waals surface area contributed by atoms with E-state index in [-0.39, 0.29) is 11.5 Å². The van der Waals surface area contributed by atoms with E-state index in [9.17, 15) is 9.90 Å². The van der Waals surface area contributed by atoms with Crippen LogP contribution in [-0.4, -0.2) is 10.9 Å². The quantitative estimate of drug-likeness (QED) is 0.227. The molecule has 0 fully saturated rings. The summed E-state index contributed by atoms with van der Waals surface area (Å²) in [7, 11) is 0. The molecule has 3 nitrogen and oxygen atoms in total. The Morgan fingerprint density at radius 3 is 2.14 bits per heavy atom. The van der Waals surface area contributed by atoms with Crippen LogP contribution < -0.4 is 15.2 Å². The number of hydrogen-bond donors (Lipinski definition) is 1. The fourth-order valence-electron chi connectivity index (χ4n) is 7.60. The highest BCUT2D eigenvalue weighted by atomic mass is 16.5. The number of para-hydroxylation sites is 2. The molecule has 0 saturated carbocycles. The van der Waals surface area contributed by atoms with Crippen molar-refractivity contribution in [2.45, 2.75) is 12.3 Å². The molecule has 1 heterocycles. The lowest BCUT2D eigenvalue weighted by Crippen LogP contribution is -2.44. The Hall–Kier alpha value is -5.67. The van der Waals surface area contributed by atoms with Crippen LogP contribution in [0.5, 0.6) is 17.2 Å². The van der Waals surface area contributed by atoms with E-state index in [1.165, 1.54) is 5.56 Å². The van der Waals surface area contributed by atoms with Gasteiger partial charge < -0.3 is 9.84 Å². The largest absolute Gasteiger partial charge is 0.508 e. The fourth-order valence-corrected chi connectivity index (χ4v) is 7.60. The predicted octanol–water partition coefficient (Wildman–Crippen LogP) is 7.28. The summed E-state index contributed by atoms with van der Waals surface area (Å²) in [5.74, 6) is 1.82. The number of rotatable bonds is 1. The van der Waals surface area contributed by atoms with E-state index in [1.807, 2.05) is 42.5 Å². The van der Waals surface area contributed by atoms with E-state index in [0.29, 0.717) is 0 Å². The Kier molecular flexibility index (Phi) is 5.04. The summed E-state index contributed by atoms with van der Waals surface area (Å²) in [4.78, 5) is 12.7. The van der Waals surface area contributed by atoms with Crippen molar-refractivity contribution in [2.24, 2.45) is 0 Å². The summed E-state index contributed by atoms with van der Waals surface area (Å²) < 4.78 is 6.58. The van der Waals surface area contributed by atoms with Gasteiger partial charge in [-0.05, 0) is 128 Å². The second kappa shape index (κ2) is 8.92. The van der Waals surface area contributed by atoms with Gasteiger partial charge in [0.1, 0.15) is 17.2 Å². The number of benzene rings is 6. The summed E-state index contributed by atoms with van der Waals surface area (Å²) in [6.45, 7) is 2.16. The van der Waals surface area contributed by atoms with Crippen molar-refractivity contribution in [3.63, 3.8) is 0 Å². The zero-order chi connectivity index (χ0) is 29.6. The van der Waals surface area contributed by atoms with E-state index >= 15 is 0 Å². The maximum Gasteiger partial charge on any atom is 0.179 e. The number of fused-ring (bicyclic) bond motifs is 10. The zero-order valence-corrected chi connectivity index (χ0v) is 24.0. The van der Waals surface area contributed by atoms with Crippen molar-refractivity contribution >= 4 is 34.3 Å². The third-order valence-corrected chi connectivity index (χ3v) is 9.47. The molecule has 0 bridgehead atoms. The van der Waals surface area contributed by atoms with Gasteiger partial charge in [0.25, 0.3) is 0 Å². The number of aryl methyl sites for hydroxylation is 1. The van der Waals surface area contributed by atoms with E-state index in [1.54, 1.807) is 18.2 Å². The van der Waals surface area contributed by atoms with E-state index in [2.05, 4.69) is 79.7 Å². The highest BCUT2D eigenvalue weighted by Crippen LogP contribution is 2.57. The summed E-state index contributed by atoms with van der Waals surface area (Å²) in [5, 5.41) is 14.6. The van der Waals surface area contributed by atoms with Gasteiger partial charge in [-0.1, -0.05) is 72.8 Å². The number of phenols is 1. The van der Waals surface area contributed by atoms with Crippen LogP contribution in [0.3, 0.4) is 0 Å². The minimum atomic E-state index is -0.755. The van der Waals surface area contributed by atoms with Crippen molar-refractivity contribution in [1.29, 1.82) is 0 Å². The smallest absolute Gasteiger partial charge is 0.179 e. The van der Waals surface area contributed by atoms with Gasteiger partial charge in [-0.25, -0.2) is 0 Å². The Bertz CT molecular complexity index is 2360. The maximum absolute atomic E-state index is 12.7. The second-order valence-electron chi connectivity index (χ2n) is 11.9. The minimum Gasteiger partial charge on any atom is -0.508 e. The van der Waals surface area contributed by atoms with Crippen LogP contribution in [-0.2, 0) is 10.2 Å². The standard InChI is InChI=1S/C41H26O3/c1-24-8-2-3-9-31(24)40-32-20-25-14-16-29(42)18-27(25)22-36(32)41(37-23-28-19-30(43)17-15-26(28)21-33(37)40)34-10-4-6-12-38(34)44-39-13-7-5-11-35(39)41/h2-23,42H,1H3. The summed E-state index contributed by atoms with van der Waals surface area (Å²) in [5.41, 5.74) is 9.21. The lowest BCUT2D eigenvalue weighted by atomic mass is 9.58. The molecule has 1 aliphatic heterocycles. The van der Waals surface area contributed by atoms with Crippen LogP contribution >= 0.6 is 0 Å². The molecule has 0 radical (unpaired) electrons. The highest BCUT2D eigenvalue weighted by molar-refractivity contribution is 6.17. The van der Waals surface area contributed by atoms with Crippen LogP contribution in [0.2, 0.25) is 0 Å². The third-order valence-electron chi connectivity index (χ3n) is 9.47. The molecule has 0 saturated heterocycles. The Balaban J connectivity index is 1.60. The van der Waals surface area contributed by atoms with E-state index in [0.717, 1.165) is 77.2 Å². The summed E-state index contributed by atoms with van der Waals surface area (Å²) in [6.07, 6.45) is 5.32. The maximum atomic E-state index is 12.7. The molecule has 9 rings (SSSR count). The molecule has 0 amide bonds. The van der Waals surface area contributed by atoms with Crippen LogP contribution in [0.4, 0.5) is 0 Å². The SMILES string of the molecule is Cc1ccccc1C1=c2cc3c(cc2C2(c4ccccc4Oc4ccccc42)c2cc4cc(O)ccc4cc21)=CC(=O)C=C3. The molecular formula is C41H26O3. The number of ether oxygens (including phenoxy) is 1. The minimum absolute atomic E-state index is 0.0138. The topological polar surface area (TPSA) is 46.5 Å². The van der Waals surface area contributed by atoms with Crippen molar-refractivity contribution in [3.05, 3.63) is 176 Å². The average molecular weight is 567 g/mol. The number of phenolic OH excluding ortho intramolecular Hbond substituents is 1. The molecule has 3 heteroatoms. The van der Waals surface area contributed by atoms with Crippen LogP contribution in [0.25, 0.3) is 28.5 Å². The fraction of sp³-hybridized carbons (Fsp3) is 0.0488. The number of allylic oxidation sites excluding steroid dienone is 1. The summed E-state index contributed by atoms with van der Waals surface area (Å²) in [6, 6.07) is 39.7. The third kappa shape index (κ3) is 3.29. The van der Waals surface area contributed by atoms with Crippen LogP contribution in [0.1, 0.15) is 44.5 Å². The molecule has 208 valence electrons. The molecule has 44 heavy (non-hydrogen) atoms. The Morgan fingerprint density at radius 2 is 1.36 bits per heavy atom. The predicted molar refractivity (Wildman–Crippen MR) is 175 cm³/mol. The van der Waals surface area contributed by atoms with Crippen LogP contribution in [0.15, 0.2) is 121 Å². The molecule has 6 aromatic rings. The van der Waals surface area contributed by atoms with Gasteiger partial charge >= 0.3 is 0 Å². The highest BCUT2D eigenvalue weighted by Gasteiger charge is 2.49. The van der Waals surface area contributed by atoms with Gasteiger partial charge in [0.15, 0.2) is 5.78 Å². The molecule has 1 N–H and O–H groups in total. The average Bonchev–Trinajstić information content (AvgIpc) is 3.04. The molecule has 1 spiro atoms. The molecule has 0 atom stereocenters. The van der Waals surface area contributed by atoms with Gasteiger partial charge in [-0.3, -0.25) is 4.79 Å². The van der Waals surface area contributed by atoms with Crippen molar-refractivity contribution in [3.8, 4) is 17.2 Å². The molecule has 0 unspecified atom stereocenters. The van der Waals surface area contributed by atoms with Gasteiger partial charge in [0.05, 0.1) is 5.41 Å². The van der Waals surface area contributed by atoms with Gasteiger partial charge in [0.2, 0.25) is 0 Å². The number of carbonyl (C=O) groups excluding carboxylic acids is 1. The Labute approximate surface area is 254 Å². The summed E-state index contributed by atoms with van der Waals surface area (Å²) >= 11 is 0. The number of ketones is 1. The first kappa shape index (κ1) is 24.9. The molecule has 2 aliphatic carbocycles. The lowest BCUT2D eigenvalue weighted by Gasteiger charge is -2.45. The van der Waals surface area contributed by atoms with E-state index < -0.39 is 5.41 Å². The number of aromatic hydroxyl groups is 1. The van der Waals surface area contributed by atoms with Crippen molar-refractivity contribution in [1.82, 2.24) is 0 Å². The molecule has 0 aromatic heterocycles. The molecular weight excluding hydrogens is 540 g/mol. The zero-order valence-electron chi connectivity index (χ0n) is 24.0. The molecule has 6 aromatic carbocycles. The van der Waals surface area contributed by atoms with Crippen LogP contribution in [0, 0.1) is 6.92 Å². The first-order valence-corrected chi connectivity index (χ1v) is 14.9. The van der Waals surface area contributed by atoms with Gasteiger partial charge in [-0.15, -0.1) is 0 Å². The van der Waals surface area contributed by atoms with Crippen molar-refractivity contribution < 1.29 is 14.6 Å². The van der Waals surface area contributed by atoms with Gasteiger partial charge in [0, 0.05) is 11.1 Å². The monoisotopic (exact) mass is 566 g/mol. The lowest BCUT2D eigenvalue weighted by molar-refractivity contribution is -0.109. The Morgan fingerprint density at radius 1 is 0.636 bits per heavy atom.